The van der Waals surface area contributed by atoms with Crippen molar-refractivity contribution in [3.8, 4) is 0 Å². The molecule has 3 heteroatoms. The van der Waals surface area contributed by atoms with Gasteiger partial charge in [0.2, 0.25) is 0 Å². The zero-order valence-electron chi connectivity index (χ0n) is 11.2. The molecule has 0 aromatic heterocycles. The summed E-state index contributed by atoms with van der Waals surface area (Å²) in [5.74, 6) is 1.11. The fourth-order valence-corrected chi connectivity index (χ4v) is 2.35. The number of Topliss-reactive ketones (excluding diaryl/α,β-unsaturated/α-hetero) is 1. The van der Waals surface area contributed by atoms with Gasteiger partial charge in [0.05, 0.1) is 6.04 Å². The van der Waals surface area contributed by atoms with Gasteiger partial charge in [0.1, 0.15) is 5.78 Å². The molecule has 1 aliphatic rings. The van der Waals surface area contributed by atoms with Gasteiger partial charge in [0, 0.05) is 39.1 Å². The van der Waals surface area contributed by atoms with E-state index in [2.05, 4.69) is 23.6 Å². The summed E-state index contributed by atoms with van der Waals surface area (Å²) in [6.45, 7) is 14.0. The Hall–Kier alpha value is -0.410. The minimum Gasteiger partial charge on any atom is -0.301 e. The minimum absolute atomic E-state index is 0.117. The molecule has 0 saturated carbocycles. The van der Waals surface area contributed by atoms with Gasteiger partial charge >= 0.3 is 0 Å². The van der Waals surface area contributed by atoms with Crippen molar-refractivity contribution in [1.29, 1.82) is 0 Å². The highest BCUT2D eigenvalue weighted by Gasteiger charge is 2.24. The Morgan fingerprint density at radius 3 is 2.12 bits per heavy atom. The number of carbonyl (C=O) groups excluding carboxylic acids is 1. The number of nitrogens with zero attached hydrogens (tertiary/aromatic N) is 2. The molecule has 0 amide bonds. The second-order valence-electron chi connectivity index (χ2n) is 5.23. The van der Waals surface area contributed by atoms with Gasteiger partial charge in [-0.1, -0.05) is 20.8 Å². The van der Waals surface area contributed by atoms with E-state index in [0.717, 1.165) is 32.1 Å². The van der Waals surface area contributed by atoms with Crippen molar-refractivity contribution in [2.24, 2.45) is 5.92 Å². The van der Waals surface area contributed by atoms with Gasteiger partial charge in [0.15, 0.2) is 0 Å². The summed E-state index contributed by atoms with van der Waals surface area (Å²) < 4.78 is 0. The zero-order valence-corrected chi connectivity index (χ0v) is 11.2. The number of carbonyl (C=O) groups is 1. The van der Waals surface area contributed by atoms with E-state index >= 15 is 0 Å². The van der Waals surface area contributed by atoms with Crippen LogP contribution in [-0.4, -0.2) is 54.3 Å². The first-order valence-corrected chi connectivity index (χ1v) is 6.53. The van der Waals surface area contributed by atoms with Crippen molar-refractivity contribution in [3.05, 3.63) is 0 Å². The molecular formula is C13H26N2O. The Kier molecular flexibility index (Phi) is 5.42. The van der Waals surface area contributed by atoms with Crippen LogP contribution in [0.4, 0.5) is 0 Å². The molecule has 0 aromatic rings. The normalized spacial score (nSPS) is 21.3. The molecule has 0 aromatic carbocycles. The summed E-state index contributed by atoms with van der Waals surface area (Å²) >= 11 is 0. The lowest BCUT2D eigenvalue weighted by Crippen LogP contribution is -2.52. The standard InChI is InChI=1S/C13H26N2O/c1-5-13(16)12(4)15-8-6-14(7-9-15)10-11(2)3/h11-12H,5-10H2,1-4H3. The van der Waals surface area contributed by atoms with E-state index in [1.54, 1.807) is 0 Å². The highest BCUT2D eigenvalue weighted by Crippen LogP contribution is 2.09. The van der Waals surface area contributed by atoms with Crippen LogP contribution in [0.25, 0.3) is 0 Å². The van der Waals surface area contributed by atoms with Crippen LogP contribution in [0.1, 0.15) is 34.1 Å². The predicted octanol–water partition coefficient (Wildman–Crippen LogP) is 1.63. The van der Waals surface area contributed by atoms with Crippen LogP contribution in [0.15, 0.2) is 0 Å². The number of rotatable bonds is 5. The van der Waals surface area contributed by atoms with Crippen LogP contribution in [0.2, 0.25) is 0 Å². The molecule has 0 radical (unpaired) electrons. The number of ketones is 1. The van der Waals surface area contributed by atoms with Crippen LogP contribution in [0, 0.1) is 5.92 Å². The summed E-state index contributed by atoms with van der Waals surface area (Å²) in [5.41, 5.74) is 0. The molecule has 3 nitrogen and oxygen atoms in total. The fraction of sp³-hybridized carbons (Fsp3) is 0.923. The summed E-state index contributed by atoms with van der Waals surface area (Å²) in [6.07, 6.45) is 0.660. The Labute approximate surface area is 99.8 Å². The smallest absolute Gasteiger partial charge is 0.149 e. The number of hydrogen-bond donors (Lipinski definition) is 0. The fourth-order valence-electron chi connectivity index (χ4n) is 2.35. The maximum Gasteiger partial charge on any atom is 0.149 e. The average molecular weight is 226 g/mol. The molecule has 1 unspecified atom stereocenters. The van der Waals surface area contributed by atoms with Crippen molar-refractivity contribution in [3.63, 3.8) is 0 Å². The van der Waals surface area contributed by atoms with Gasteiger partial charge in [-0.3, -0.25) is 9.69 Å². The first kappa shape index (κ1) is 13.7. The van der Waals surface area contributed by atoms with E-state index in [9.17, 15) is 4.79 Å². The van der Waals surface area contributed by atoms with Gasteiger partial charge in [-0.2, -0.15) is 0 Å². The largest absolute Gasteiger partial charge is 0.301 e. The SMILES string of the molecule is CCC(=O)C(C)N1CCN(CC(C)C)CC1. The lowest BCUT2D eigenvalue weighted by Gasteiger charge is -2.38. The third-order valence-electron chi connectivity index (χ3n) is 3.39. The molecule has 1 atom stereocenters. The third kappa shape index (κ3) is 3.87. The van der Waals surface area contributed by atoms with E-state index in [-0.39, 0.29) is 6.04 Å². The number of hydrogen-bond acceptors (Lipinski definition) is 3. The molecule has 94 valence electrons. The highest BCUT2D eigenvalue weighted by atomic mass is 16.1. The molecule has 0 spiro atoms. The second-order valence-corrected chi connectivity index (χ2v) is 5.23. The molecule has 1 saturated heterocycles. The third-order valence-corrected chi connectivity index (χ3v) is 3.39. The minimum atomic E-state index is 0.117. The summed E-state index contributed by atoms with van der Waals surface area (Å²) in [7, 11) is 0. The van der Waals surface area contributed by atoms with Gasteiger partial charge in [-0.05, 0) is 12.8 Å². The lowest BCUT2D eigenvalue weighted by molar-refractivity contribution is -0.124. The monoisotopic (exact) mass is 226 g/mol. The Balaban J connectivity index is 2.34. The van der Waals surface area contributed by atoms with E-state index < -0.39 is 0 Å². The van der Waals surface area contributed by atoms with E-state index in [0.29, 0.717) is 12.2 Å². The van der Waals surface area contributed by atoms with E-state index in [1.807, 2.05) is 13.8 Å². The Morgan fingerprint density at radius 1 is 1.12 bits per heavy atom. The Morgan fingerprint density at radius 2 is 1.69 bits per heavy atom. The van der Waals surface area contributed by atoms with E-state index in [4.69, 9.17) is 0 Å². The highest BCUT2D eigenvalue weighted by molar-refractivity contribution is 5.83. The molecule has 1 rings (SSSR count). The molecule has 16 heavy (non-hydrogen) atoms. The Bertz CT molecular complexity index is 220. The quantitative estimate of drug-likeness (QED) is 0.712. The number of piperazine rings is 1. The van der Waals surface area contributed by atoms with Gasteiger partial charge in [-0.15, -0.1) is 0 Å². The maximum absolute atomic E-state index is 11.6. The summed E-state index contributed by atoms with van der Waals surface area (Å²) in [6, 6.07) is 0.117. The van der Waals surface area contributed by atoms with Crippen molar-refractivity contribution in [1.82, 2.24) is 9.80 Å². The van der Waals surface area contributed by atoms with Crippen molar-refractivity contribution < 1.29 is 4.79 Å². The maximum atomic E-state index is 11.6. The molecule has 0 N–H and O–H groups in total. The van der Waals surface area contributed by atoms with Crippen molar-refractivity contribution in [2.45, 2.75) is 40.2 Å². The van der Waals surface area contributed by atoms with Crippen LogP contribution >= 0.6 is 0 Å². The van der Waals surface area contributed by atoms with Crippen molar-refractivity contribution in [2.75, 3.05) is 32.7 Å². The van der Waals surface area contributed by atoms with Crippen LogP contribution in [0.3, 0.4) is 0 Å². The van der Waals surface area contributed by atoms with Crippen LogP contribution in [0.5, 0.6) is 0 Å². The summed E-state index contributed by atoms with van der Waals surface area (Å²) in [4.78, 5) is 16.4. The van der Waals surface area contributed by atoms with Gasteiger partial charge in [0.25, 0.3) is 0 Å². The van der Waals surface area contributed by atoms with Crippen molar-refractivity contribution >= 4 is 5.78 Å². The first-order chi connectivity index (χ1) is 7.54. The first-order valence-electron chi connectivity index (χ1n) is 6.53. The molecule has 1 heterocycles. The van der Waals surface area contributed by atoms with Gasteiger partial charge in [-0.25, -0.2) is 0 Å². The van der Waals surface area contributed by atoms with E-state index in [1.165, 1.54) is 6.54 Å². The molecular weight excluding hydrogens is 200 g/mol. The topological polar surface area (TPSA) is 23.6 Å². The molecule has 0 bridgehead atoms. The van der Waals surface area contributed by atoms with Crippen LogP contribution in [-0.2, 0) is 4.79 Å². The molecule has 0 aliphatic carbocycles. The second kappa shape index (κ2) is 6.36. The average Bonchev–Trinajstić information content (AvgIpc) is 2.27. The molecule has 1 fully saturated rings. The van der Waals surface area contributed by atoms with Crippen LogP contribution < -0.4 is 0 Å². The zero-order chi connectivity index (χ0) is 12.1. The van der Waals surface area contributed by atoms with Gasteiger partial charge < -0.3 is 4.90 Å². The lowest BCUT2D eigenvalue weighted by atomic mass is 10.1. The predicted molar refractivity (Wildman–Crippen MR) is 67.6 cm³/mol. The molecule has 1 aliphatic heterocycles. The summed E-state index contributed by atoms with van der Waals surface area (Å²) in [5, 5.41) is 0.